The maximum Gasteiger partial charge on any atom is 0.185 e. The quantitative estimate of drug-likeness (QED) is 0.645. The summed E-state index contributed by atoms with van der Waals surface area (Å²) in [6.45, 7) is 4.84. The van der Waals surface area contributed by atoms with Gasteiger partial charge >= 0.3 is 0 Å². The zero-order valence-corrected chi connectivity index (χ0v) is 8.57. The standard InChI is InChI=1S/C8H17NOS/c1-7(5-9(3)4)6-11-8(2)10/h7H,5-6H2,1-4H3. The van der Waals surface area contributed by atoms with Gasteiger partial charge < -0.3 is 4.90 Å². The molecule has 0 rings (SSSR count). The van der Waals surface area contributed by atoms with Crippen LogP contribution < -0.4 is 0 Å². The van der Waals surface area contributed by atoms with Crippen LogP contribution in [0, 0.1) is 5.92 Å². The number of nitrogens with zero attached hydrogens (tertiary/aromatic N) is 1. The van der Waals surface area contributed by atoms with E-state index in [1.54, 1.807) is 6.92 Å². The molecule has 0 aromatic carbocycles. The molecule has 0 bridgehead atoms. The Morgan fingerprint density at radius 3 is 2.45 bits per heavy atom. The summed E-state index contributed by atoms with van der Waals surface area (Å²) >= 11 is 1.42. The molecule has 0 amide bonds. The van der Waals surface area contributed by atoms with Crippen molar-refractivity contribution in [3.05, 3.63) is 0 Å². The Morgan fingerprint density at radius 2 is 2.09 bits per heavy atom. The Bertz CT molecular complexity index is 125. The predicted molar refractivity (Wildman–Crippen MR) is 50.9 cm³/mol. The highest BCUT2D eigenvalue weighted by Crippen LogP contribution is 2.09. The van der Waals surface area contributed by atoms with Gasteiger partial charge in [-0.3, -0.25) is 4.79 Å². The van der Waals surface area contributed by atoms with Crippen LogP contribution in [0.25, 0.3) is 0 Å². The average Bonchev–Trinajstić information content (AvgIpc) is 1.82. The van der Waals surface area contributed by atoms with E-state index in [-0.39, 0.29) is 5.12 Å². The molecule has 1 atom stereocenters. The van der Waals surface area contributed by atoms with Crippen LogP contribution in [0.4, 0.5) is 0 Å². The molecular formula is C8H17NOS. The van der Waals surface area contributed by atoms with E-state index in [4.69, 9.17) is 0 Å². The molecule has 0 aromatic heterocycles. The van der Waals surface area contributed by atoms with Crippen LogP contribution in [0.3, 0.4) is 0 Å². The first-order chi connectivity index (χ1) is 5.02. The van der Waals surface area contributed by atoms with Crippen molar-refractivity contribution >= 4 is 16.9 Å². The molecule has 0 heterocycles. The lowest BCUT2D eigenvalue weighted by Crippen LogP contribution is -2.21. The summed E-state index contributed by atoms with van der Waals surface area (Å²) in [6.07, 6.45) is 0. The van der Waals surface area contributed by atoms with Gasteiger partial charge in [-0.05, 0) is 20.0 Å². The molecule has 3 heteroatoms. The Kier molecular flexibility index (Phi) is 5.60. The fraction of sp³-hybridized carbons (Fsp3) is 0.875. The molecule has 11 heavy (non-hydrogen) atoms. The first-order valence-electron chi connectivity index (χ1n) is 3.80. The second-order valence-electron chi connectivity index (χ2n) is 3.17. The topological polar surface area (TPSA) is 20.3 Å². The van der Waals surface area contributed by atoms with Gasteiger partial charge in [-0.1, -0.05) is 18.7 Å². The van der Waals surface area contributed by atoms with Gasteiger partial charge in [0, 0.05) is 19.2 Å². The highest BCUT2D eigenvalue weighted by Gasteiger charge is 2.04. The Hall–Kier alpha value is -0.0200. The van der Waals surface area contributed by atoms with Gasteiger partial charge in [-0.15, -0.1) is 0 Å². The number of carbonyl (C=O) groups is 1. The van der Waals surface area contributed by atoms with E-state index in [0.717, 1.165) is 12.3 Å². The van der Waals surface area contributed by atoms with Crippen molar-refractivity contribution in [3.8, 4) is 0 Å². The molecule has 66 valence electrons. The van der Waals surface area contributed by atoms with Gasteiger partial charge in [-0.25, -0.2) is 0 Å². The lowest BCUT2D eigenvalue weighted by Gasteiger charge is -2.15. The van der Waals surface area contributed by atoms with Crippen molar-refractivity contribution in [3.63, 3.8) is 0 Å². The van der Waals surface area contributed by atoms with Gasteiger partial charge in [0.05, 0.1) is 0 Å². The van der Waals surface area contributed by atoms with Gasteiger partial charge in [0.25, 0.3) is 0 Å². The minimum absolute atomic E-state index is 0.218. The third-order valence-corrected chi connectivity index (χ3v) is 2.39. The first kappa shape index (κ1) is 11.0. The highest BCUT2D eigenvalue weighted by molar-refractivity contribution is 8.13. The molecule has 0 aliphatic rings. The number of hydrogen-bond donors (Lipinski definition) is 0. The summed E-state index contributed by atoms with van der Waals surface area (Å²) in [6, 6.07) is 0. The van der Waals surface area contributed by atoms with Crippen molar-refractivity contribution in [1.82, 2.24) is 4.90 Å². The van der Waals surface area contributed by atoms with E-state index in [0.29, 0.717) is 5.92 Å². The second kappa shape index (κ2) is 5.61. The van der Waals surface area contributed by atoms with Crippen LogP contribution in [0.5, 0.6) is 0 Å². The largest absolute Gasteiger partial charge is 0.309 e. The maximum atomic E-state index is 10.6. The van der Waals surface area contributed by atoms with E-state index in [1.165, 1.54) is 11.8 Å². The van der Waals surface area contributed by atoms with E-state index in [1.807, 2.05) is 0 Å². The molecule has 0 radical (unpaired) electrons. The summed E-state index contributed by atoms with van der Waals surface area (Å²) in [7, 11) is 4.10. The summed E-state index contributed by atoms with van der Waals surface area (Å²) in [5.74, 6) is 1.53. The molecule has 1 unspecified atom stereocenters. The van der Waals surface area contributed by atoms with Crippen LogP contribution in [0.15, 0.2) is 0 Å². The monoisotopic (exact) mass is 175 g/mol. The predicted octanol–water partition coefficient (Wildman–Crippen LogP) is 1.46. The molecule has 0 aliphatic heterocycles. The van der Waals surface area contributed by atoms with Crippen LogP contribution in [0.1, 0.15) is 13.8 Å². The van der Waals surface area contributed by atoms with Crippen LogP contribution in [0.2, 0.25) is 0 Å². The van der Waals surface area contributed by atoms with Gasteiger partial charge in [0.15, 0.2) is 5.12 Å². The lowest BCUT2D eigenvalue weighted by atomic mass is 10.2. The molecular weight excluding hydrogens is 158 g/mol. The Balaban J connectivity index is 3.37. The summed E-state index contributed by atoms with van der Waals surface area (Å²) in [4.78, 5) is 12.7. The summed E-state index contributed by atoms with van der Waals surface area (Å²) in [5, 5.41) is 0.218. The number of hydrogen-bond acceptors (Lipinski definition) is 3. The van der Waals surface area contributed by atoms with E-state index >= 15 is 0 Å². The molecule has 0 aliphatic carbocycles. The number of thioether (sulfide) groups is 1. The van der Waals surface area contributed by atoms with Crippen LogP contribution in [-0.2, 0) is 4.79 Å². The second-order valence-corrected chi connectivity index (χ2v) is 4.37. The highest BCUT2D eigenvalue weighted by atomic mass is 32.2. The summed E-state index contributed by atoms with van der Waals surface area (Å²) < 4.78 is 0. The minimum Gasteiger partial charge on any atom is -0.309 e. The van der Waals surface area contributed by atoms with Gasteiger partial charge in [-0.2, -0.15) is 0 Å². The first-order valence-corrected chi connectivity index (χ1v) is 4.79. The van der Waals surface area contributed by atoms with Crippen molar-refractivity contribution < 1.29 is 4.79 Å². The Morgan fingerprint density at radius 1 is 1.55 bits per heavy atom. The zero-order chi connectivity index (χ0) is 8.85. The SMILES string of the molecule is CC(=O)SCC(C)CN(C)C. The molecule has 0 N–H and O–H groups in total. The molecule has 0 saturated heterocycles. The average molecular weight is 175 g/mol. The van der Waals surface area contributed by atoms with Crippen molar-refractivity contribution in [2.45, 2.75) is 13.8 Å². The van der Waals surface area contributed by atoms with E-state index in [2.05, 4.69) is 25.9 Å². The third-order valence-electron chi connectivity index (χ3n) is 1.25. The van der Waals surface area contributed by atoms with E-state index < -0.39 is 0 Å². The minimum atomic E-state index is 0.218. The van der Waals surface area contributed by atoms with Crippen LogP contribution >= 0.6 is 11.8 Å². The van der Waals surface area contributed by atoms with Crippen molar-refractivity contribution in [1.29, 1.82) is 0 Å². The molecule has 0 spiro atoms. The smallest absolute Gasteiger partial charge is 0.185 e. The fourth-order valence-electron chi connectivity index (χ4n) is 0.936. The van der Waals surface area contributed by atoms with Crippen molar-refractivity contribution in [2.24, 2.45) is 5.92 Å². The molecule has 0 aromatic rings. The molecule has 2 nitrogen and oxygen atoms in total. The van der Waals surface area contributed by atoms with E-state index in [9.17, 15) is 4.79 Å². The normalized spacial score (nSPS) is 13.5. The van der Waals surface area contributed by atoms with Crippen LogP contribution in [-0.4, -0.2) is 36.4 Å². The summed E-state index contributed by atoms with van der Waals surface area (Å²) in [5.41, 5.74) is 0. The number of rotatable bonds is 4. The zero-order valence-electron chi connectivity index (χ0n) is 7.76. The van der Waals surface area contributed by atoms with Crippen molar-refractivity contribution in [2.75, 3.05) is 26.4 Å². The third kappa shape index (κ3) is 7.88. The fourth-order valence-corrected chi connectivity index (χ4v) is 1.56. The maximum absolute atomic E-state index is 10.6. The molecule has 0 fully saturated rings. The van der Waals surface area contributed by atoms with Gasteiger partial charge in [0.2, 0.25) is 0 Å². The lowest BCUT2D eigenvalue weighted by molar-refractivity contribution is -0.109. The number of carbonyl (C=O) groups excluding carboxylic acids is 1. The van der Waals surface area contributed by atoms with Gasteiger partial charge in [0.1, 0.15) is 0 Å². The Labute approximate surface area is 73.3 Å². The molecule has 0 saturated carbocycles.